The second-order valence-corrected chi connectivity index (χ2v) is 5.60. The van der Waals surface area contributed by atoms with E-state index in [0.717, 1.165) is 24.8 Å². The third-order valence-corrected chi connectivity index (χ3v) is 4.05. The molecule has 0 saturated heterocycles. The smallest absolute Gasteiger partial charge is 0.406 e. The summed E-state index contributed by atoms with van der Waals surface area (Å²) in [5, 5.41) is 0. The first-order chi connectivity index (χ1) is 9.89. The third-order valence-electron chi connectivity index (χ3n) is 4.05. The molecule has 0 amide bonds. The molecular weight excluding hydrogens is 281 g/mol. The molecule has 3 nitrogen and oxygen atoms in total. The van der Waals surface area contributed by atoms with Gasteiger partial charge in [0.1, 0.15) is 5.75 Å². The zero-order valence-electron chi connectivity index (χ0n) is 12.1. The van der Waals surface area contributed by atoms with Gasteiger partial charge in [0.05, 0.1) is 0 Å². The van der Waals surface area contributed by atoms with Crippen molar-refractivity contribution >= 4 is 0 Å². The largest absolute Gasteiger partial charge is 0.573 e. The van der Waals surface area contributed by atoms with Crippen LogP contribution in [0.2, 0.25) is 0 Å². The molecule has 2 N–H and O–H groups in total. The van der Waals surface area contributed by atoms with Crippen molar-refractivity contribution < 1.29 is 17.9 Å². The molecule has 21 heavy (non-hydrogen) atoms. The highest BCUT2D eigenvalue weighted by Gasteiger charge is 2.31. The van der Waals surface area contributed by atoms with Gasteiger partial charge in [0, 0.05) is 12.6 Å². The van der Waals surface area contributed by atoms with Gasteiger partial charge >= 0.3 is 6.36 Å². The number of halogens is 3. The number of nitrogens with two attached hydrogens (primary N) is 1. The van der Waals surface area contributed by atoms with Crippen molar-refractivity contribution in [3.05, 3.63) is 29.8 Å². The number of rotatable bonds is 5. The summed E-state index contributed by atoms with van der Waals surface area (Å²) in [4.78, 5) is 2.18. The Morgan fingerprint density at radius 1 is 1.33 bits per heavy atom. The molecule has 118 valence electrons. The molecular formula is C15H21F3N2O. The van der Waals surface area contributed by atoms with Crippen molar-refractivity contribution in [2.75, 3.05) is 13.6 Å². The average molecular weight is 302 g/mol. The van der Waals surface area contributed by atoms with Crippen LogP contribution in [0.15, 0.2) is 24.3 Å². The molecule has 1 aromatic rings. The van der Waals surface area contributed by atoms with E-state index in [1.165, 1.54) is 12.1 Å². The molecule has 0 radical (unpaired) electrons. The minimum Gasteiger partial charge on any atom is -0.406 e. The van der Waals surface area contributed by atoms with Crippen LogP contribution < -0.4 is 10.5 Å². The van der Waals surface area contributed by atoms with E-state index in [9.17, 15) is 13.2 Å². The second-order valence-electron chi connectivity index (χ2n) is 5.60. The summed E-state index contributed by atoms with van der Waals surface area (Å²) in [7, 11) is 2.00. The van der Waals surface area contributed by atoms with E-state index in [2.05, 4.69) is 9.64 Å². The first-order valence-corrected chi connectivity index (χ1v) is 7.14. The average Bonchev–Trinajstić information content (AvgIpc) is 2.85. The van der Waals surface area contributed by atoms with E-state index in [0.29, 0.717) is 25.0 Å². The first kappa shape index (κ1) is 16.1. The summed E-state index contributed by atoms with van der Waals surface area (Å²) in [5.41, 5.74) is 6.58. The Balaban J connectivity index is 2.00. The van der Waals surface area contributed by atoms with Gasteiger partial charge in [-0.1, -0.05) is 18.6 Å². The maximum atomic E-state index is 12.2. The SMILES string of the molecule is CN(Cc1cccc(OC(F)(F)F)c1)C1CCCC1CN. The molecule has 1 fully saturated rings. The predicted molar refractivity (Wildman–Crippen MR) is 74.8 cm³/mol. The molecule has 1 aliphatic carbocycles. The molecule has 0 heterocycles. The zero-order chi connectivity index (χ0) is 15.5. The number of alkyl halides is 3. The summed E-state index contributed by atoms with van der Waals surface area (Å²) in [6, 6.07) is 6.55. The van der Waals surface area contributed by atoms with Crippen LogP contribution in [-0.4, -0.2) is 30.9 Å². The lowest BCUT2D eigenvalue weighted by molar-refractivity contribution is -0.274. The van der Waals surface area contributed by atoms with Crippen LogP contribution in [0.3, 0.4) is 0 Å². The van der Waals surface area contributed by atoms with Crippen molar-refractivity contribution in [1.29, 1.82) is 0 Å². The normalized spacial score (nSPS) is 22.8. The lowest BCUT2D eigenvalue weighted by Gasteiger charge is -2.29. The minimum absolute atomic E-state index is 0.171. The molecule has 1 saturated carbocycles. The minimum atomic E-state index is -4.65. The molecule has 0 spiro atoms. The number of hydrogen-bond acceptors (Lipinski definition) is 3. The lowest BCUT2D eigenvalue weighted by Crippen LogP contribution is -2.37. The van der Waals surface area contributed by atoms with E-state index in [1.807, 2.05) is 13.1 Å². The van der Waals surface area contributed by atoms with Gasteiger partial charge in [0.25, 0.3) is 0 Å². The highest BCUT2D eigenvalue weighted by molar-refractivity contribution is 5.28. The third kappa shape index (κ3) is 4.61. The maximum Gasteiger partial charge on any atom is 0.573 e. The summed E-state index contributed by atoms with van der Waals surface area (Å²) in [5.74, 6) is 0.305. The van der Waals surface area contributed by atoms with Gasteiger partial charge in [-0.25, -0.2) is 0 Å². The molecule has 2 rings (SSSR count). The first-order valence-electron chi connectivity index (χ1n) is 7.14. The van der Waals surface area contributed by atoms with Crippen molar-refractivity contribution in [2.24, 2.45) is 11.7 Å². The quantitative estimate of drug-likeness (QED) is 0.908. The molecule has 1 aliphatic rings. The van der Waals surface area contributed by atoms with Crippen LogP contribution in [0.1, 0.15) is 24.8 Å². The Kier molecular flexibility index (Phi) is 5.11. The fourth-order valence-corrected chi connectivity index (χ4v) is 3.12. The van der Waals surface area contributed by atoms with Gasteiger partial charge in [0.15, 0.2) is 0 Å². The van der Waals surface area contributed by atoms with Crippen molar-refractivity contribution in [2.45, 2.75) is 38.2 Å². The van der Waals surface area contributed by atoms with E-state index >= 15 is 0 Å². The molecule has 0 bridgehead atoms. The van der Waals surface area contributed by atoms with Crippen LogP contribution in [0.5, 0.6) is 5.75 Å². The van der Waals surface area contributed by atoms with E-state index in [-0.39, 0.29) is 5.75 Å². The monoisotopic (exact) mass is 302 g/mol. The second kappa shape index (κ2) is 6.66. The number of hydrogen-bond donors (Lipinski definition) is 1. The number of ether oxygens (including phenoxy) is 1. The van der Waals surface area contributed by atoms with Crippen LogP contribution >= 0.6 is 0 Å². The van der Waals surface area contributed by atoms with Gasteiger partial charge in [0.2, 0.25) is 0 Å². The molecule has 2 unspecified atom stereocenters. The fourth-order valence-electron chi connectivity index (χ4n) is 3.12. The Morgan fingerprint density at radius 2 is 2.10 bits per heavy atom. The lowest BCUT2D eigenvalue weighted by atomic mass is 10.0. The molecule has 6 heteroatoms. The van der Waals surface area contributed by atoms with E-state index < -0.39 is 6.36 Å². The van der Waals surface area contributed by atoms with Gasteiger partial charge < -0.3 is 10.5 Å². The number of nitrogens with zero attached hydrogens (tertiary/aromatic N) is 1. The van der Waals surface area contributed by atoms with Gasteiger partial charge in [-0.3, -0.25) is 4.90 Å². The van der Waals surface area contributed by atoms with Crippen molar-refractivity contribution in [3.63, 3.8) is 0 Å². The Bertz CT molecular complexity index is 464. The molecule has 2 atom stereocenters. The summed E-state index contributed by atoms with van der Waals surface area (Å²) >= 11 is 0. The predicted octanol–water partition coefficient (Wildman–Crippen LogP) is 3.14. The standard InChI is InChI=1S/C15H21F3N2O/c1-20(14-7-3-5-12(14)9-19)10-11-4-2-6-13(8-11)21-15(16,17)18/h2,4,6,8,12,14H,3,5,7,9-10,19H2,1H3. The van der Waals surface area contributed by atoms with Crippen LogP contribution in [0.25, 0.3) is 0 Å². The Labute approximate surface area is 122 Å². The Morgan fingerprint density at radius 3 is 2.76 bits per heavy atom. The highest BCUT2D eigenvalue weighted by Crippen LogP contribution is 2.30. The summed E-state index contributed by atoms with van der Waals surface area (Å²) in [6.45, 7) is 1.25. The summed E-state index contributed by atoms with van der Waals surface area (Å²) < 4.78 is 40.6. The van der Waals surface area contributed by atoms with Crippen molar-refractivity contribution in [3.8, 4) is 5.75 Å². The van der Waals surface area contributed by atoms with Crippen LogP contribution in [0, 0.1) is 5.92 Å². The topological polar surface area (TPSA) is 38.5 Å². The van der Waals surface area contributed by atoms with Gasteiger partial charge in [-0.05, 0) is 50.0 Å². The van der Waals surface area contributed by atoms with Crippen molar-refractivity contribution in [1.82, 2.24) is 4.90 Å². The number of benzene rings is 1. The molecule has 0 aliphatic heterocycles. The van der Waals surface area contributed by atoms with E-state index in [1.54, 1.807) is 6.07 Å². The maximum absolute atomic E-state index is 12.2. The zero-order valence-corrected chi connectivity index (χ0v) is 12.1. The van der Waals surface area contributed by atoms with Gasteiger partial charge in [-0.2, -0.15) is 0 Å². The van der Waals surface area contributed by atoms with Gasteiger partial charge in [-0.15, -0.1) is 13.2 Å². The van der Waals surface area contributed by atoms with Crippen LogP contribution in [0.4, 0.5) is 13.2 Å². The molecule has 0 aromatic heterocycles. The van der Waals surface area contributed by atoms with E-state index in [4.69, 9.17) is 5.73 Å². The molecule has 1 aromatic carbocycles. The van der Waals surface area contributed by atoms with Crippen LogP contribution in [-0.2, 0) is 6.54 Å². The summed E-state index contributed by atoms with van der Waals surface area (Å²) in [6.07, 6.45) is -1.27. The Hall–Kier alpha value is -1.27. The fraction of sp³-hybridized carbons (Fsp3) is 0.600. The highest BCUT2D eigenvalue weighted by atomic mass is 19.4.